The minimum absolute atomic E-state index is 0.0210. The summed E-state index contributed by atoms with van der Waals surface area (Å²) in [6.07, 6.45) is 1.23. The molecule has 2 rings (SSSR count). The summed E-state index contributed by atoms with van der Waals surface area (Å²) in [5.74, 6) is -2.32. The average Bonchev–Trinajstić information content (AvgIpc) is 2.75. The predicted molar refractivity (Wildman–Crippen MR) is 71.6 cm³/mol. The molecule has 1 aromatic heterocycles. The highest BCUT2D eigenvalue weighted by Crippen LogP contribution is 2.28. The van der Waals surface area contributed by atoms with E-state index in [0.717, 1.165) is 4.68 Å². The summed E-state index contributed by atoms with van der Waals surface area (Å²) in [5.41, 5.74) is 5.82. The van der Waals surface area contributed by atoms with Crippen LogP contribution in [-0.2, 0) is 16.1 Å². The molecule has 112 valence electrons. The molecule has 1 saturated heterocycles. The molecule has 4 N–H and O–H groups in total. The van der Waals surface area contributed by atoms with Gasteiger partial charge in [-0.3, -0.25) is 9.59 Å². The third-order valence-corrected chi connectivity index (χ3v) is 3.44. The second-order valence-electron chi connectivity index (χ2n) is 4.87. The van der Waals surface area contributed by atoms with Crippen LogP contribution in [0.25, 0.3) is 0 Å². The Labute approximate surface area is 120 Å². The first kappa shape index (κ1) is 14.6. The third-order valence-electron chi connectivity index (χ3n) is 3.44. The summed E-state index contributed by atoms with van der Waals surface area (Å²) < 4.78 is 1.04. The van der Waals surface area contributed by atoms with Gasteiger partial charge in [0.05, 0.1) is 5.92 Å². The maximum absolute atomic E-state index is 11.1. The summed E-state index contributed by atoms with van der Waals surface area (Å²) in [6.45, 7) is 0.340. The average molecular weight is 293 g/mol. The van der Waals surface area contributed by atoms with Crippen molar-refractivity contribution in [3.05, 3.63) is 5.56 Å². The lowest BCUT2D eigenvalue weighted by Crippen LogP contribution is -2.39. The number of hydrogen-bond donors (Lipinski definition) is 3. The van der Waals surface area contributed by atoms with Crippen LogP contribution >= 0.6 is 0 Å². The fourth-order valence-electron chi connectivity index (χ4n) is 2.41. The molecule has 0 aliphatic carbocycles. The molecule has 1 aliphatic heterocycles. The highest BCUT2D eigenvalue weighted by Gasteiger charge is 2.29. The lowest BCUT2D eigenvalue weighted by atomic mass is 9.98. The van der Waals surface area contributed by atoms with Crippen LogP contribution in [0.2, 0.25) is 0 Å². The molecule has 0 aromatic carbocycles. The smallest absolute Gasteiger partial charge is 0.325 e. The Morgan fingerprint density at radius 2 is 2.19 bits per heavy atom. The summed E-state index contributed by atoms with van der Waals surface area (Å²) in [7, 11) is 0. The Morgan fingerprint density at radius 3 is 2.76 bits per heavy atom. The number of carbonyl (C=O) groups is 2. The minimum atomic E-state index is -1.12. The van der Waals surface area contributed by atoms with E-state index in [1.54, 1.807) is 4.90 Å². The highest BCUT2D eigenvalue weighted by atomic mass is 16.4. The number of piperidine rings is 1. The number of hydrogen-bond acceptors (Lipinski definition) is 6. The Morgan fingerprint density at radius 1 is 1.48 bits per heavy atom. The zero-order chi connectivity index (χ0) is 15.6. The molecular formula is C12H15N5O4. The fourth-order valence-corrected chi connectivity index (χ4v) is 2.41. The van der Waals surface area contributed by atoms with Gasteiger partial charge < -0.3 is 20.8 Å². The van der Waals surface area contributed by atoms with Crippen molar-refractivity contribution in [2.45, 2.75) is 19.4 Å². The summed E-state index contributed by atoms with van der Waals surface area (Å²) >= 11 is 0. The first-order valence-electron chi connectivity index (χ1n) is 6.40. The van der Waals surface area contributed by atoms with Gasteiger partial charge in [0.15, 0.2) is 5.82 Å². The van der Waals surface area contributed by atoms with E-state index in [9.17, 15) is 14.9 Å². The molecule has 9 nitrogen and oxygen atoms in total. The molecular weight excluding hydrogens is 278 g/mol. The number of carboxylic acids is 2. The third kappa shape index (κ3) is 2.89. The topological polar surface area (TPSA) is 145 Å². The van der Waals surface area contributed by atoms with Gasteiger partial charge >= 0.3 is 11.9 Å². The number of aliphatic carboxylic acids is 2. The number of nitrogens with zero attached hydrogens (tertiary/aromatic N) is 4. The van der Waals surface area contributed by atoms with Crippen molar-refractivity contribution in [1.29, 1.82) is 5.26 Å². The van der Waals surface area contributed by atoms with E-state index < -0.39 is 24.4 Å². The van der Waals surface area contributed by atoms with E-state index in [0.29, 0.717) is 19.4 Å². The number of nitrogen functional groups attached to an aromatic ring is 1. The largest absolute Gasteiger partial charge is 0.481 e. The zero-order valence-electron chi connectivity index (χ0n) is 11.2. The summed E-state index contributed by atoms with van der Waals surface area (Å²) in [5, 5.41) is 31.1. The fraction of sp³-hybridized carbons (Fsp3) is 0.500. The minimum Gasteiger partial charge on any atom is -0.481 e. The van der Waals surface area contributed by atoms with Gasteiger partial charge in [0.1, 0.15) is 24.0 Å². The van der Waals surface area contributed by atoms with E-state index in [1.165, 1.54) is 0 Å². The van der Waals surface area contributed by atoms with Crippen LogP contribution in [0, 0.1) is 17.2 Å². The molecule has 21 heavy (non-hydrogen) atoms. The van der Waals surface area contributed by atoms with Crippen molar-refractivity contribution in [2.24, 2.45) is 5.92 Å². The van der Waals surface area contributed by atoms with Gasteiger partial charge in [0, 0.05) is 13.1 Å². The molecule has 0 radical (unpaired) electrons. The van der Waals surface area contributed by atoms with Gasteiger partial charge in [0.2, 0.25) is 0 Å². The monoisotopic (exact) mass is 293 g/mol. The number of nitriles is 1. The first-order valence-corrected chi connectivity index (χ1v) is 6.40. The lowest BCUT2D eigenvalue weighted by Gasteiger charge is -2.30. The Kier molecular flexibility index (Phi) is 3.98. The molecule has 0 bridgehead atoms. The van der Waals surface area contributed by atoms with Crippen molar-refractivity contribution in [3.63, 3.8) is 0 Å². The van der Waals surface area contributed by atoms with Crippen LogP contribution in [0.3, 0.4) is 0 Å². The van der Waals surface area contributed by atoms with Crippen LogP contribution in [0.1, 0.15) is 18.4 Å². The molecule has 1 aromatic rings. The van der Waals surface area contributed by atoms with Gasteiger partial charge in [-0.25, -0.2) is 4.68 Å². The molecule has 0 spiro atoms. The number of anilines is 2. The number of carboxylic acid groups (broad SMARTS) is 2. The van der Waals surface area contributed by atoms with Gasteiger partial charge in [-0.2, -0.15) is 10.4 Å². The van der Waals surface area contributed by atoms with Crippen molar-refractivity contribution in [2.75, 3.05) is 23.7 Å². The van der Waals surface area contributed by atoms with Gasteiger partial charge in [-0.15, -0.1) is 0 Å². The zero-order valence-corrected chi connectivity index (χ0v) is 11.2. The second kappa shape index (κ2) is 5.70. The highest BCUT2D eigenvalue weighted by molar-refractivity contribution is 5.73. The van der Waals surface area contributed by atoms with Crippen LogP contribution in [0.5, 0.6) is 0 Å². The van der Waals surface area contributed by atoms with E-state index in [-0.39, 0.29) is 23.7 Å². The van der Waals surface area contributed by atoms with Gasteiger partial charge in [-0.05, 0) is 12.8 Å². The summed E-state index contributed by atoms with van der Waals surface area (Å²) in [6, 6.07) is 1.91. The Bertz CT molecular complexity index is 618. The molecule has 1 aliphatic rings. The Hall–Kier alpha value is -2.76. The standard InChI is InChI=1S/C12H15N5O4/c13-4-8-10(14)17(6-9(18)19)15-11(8)16-3-1-2-7(5-16)12(20)21/h7H,1-3,5-6,14H2,(H,18,19)(H,20,21). The second-order valence-corrected chi connectivity index (χ2v) is 4.87. The molecule has 2 heterocycles. The maximum Gasteiger partial charge on any atom is 0.325 e. The Balaban J connectivity index is 2.32. The van der Waals surface area contributed by atoms with Crippen molar-refractivity contribution >= 4 is 23.6 Å². The van der Waals surface area contributed by atoms with E-state index in [2.05, 4.69) is 5.10 Å². The number of nitrogens with two attached hydrogens (primary N) is 1. The molecule has 9 heteroatoms. The molecule has 1 unspecified atom stereocenters. The first-order chi connectivity index (χ1) is 9.93. The number of aromatic nitrogens is 2. The van der Waals surface area contributed by atoms with Crippen LogP contribution in [-0.4, -0.2) is 45.0 Å². The SMILES string of the molecule is N#Cc1c(N2CCCC(C(=O)O)C2)nn(CC(=O)O)c1N. The van der Waals surface area contributed by atoms with Crippen LogP contribution in [0.15, 0.2) is 0 Å². The quantitative estimate of drug-likeness (QED) is 0.687. The summed E-state index contributed by atoms with van der Waals surface area (Å²) in [4.78, 5) is 23.5. The van der Waals surface area contributed by atoms with Crippen molar-refractivity contribution < 1.29 is 19.8 Å². The molecule has 0 saturated carbocycles. The van der Waals surface area contributed by atoms with E-state index in [1.807, 2.05) is 6.07 Å². The predicted octanol–water partition coefficient (Wildman–Crippen LogP) is -0.277. The van der Waals surface area contributed by atoms with Crippen LogP contribution < -0.4 is 10.6 Å². The van der Waals surface area contributed by atoms with Crippen LogP contribution in [0.4, 0.5) is 11.6 Å². The normalized spacial score (nSPS) is 18.2. The van der Waals surface area contributed by atoms with E-state index in [4.69, 9.17) is 15.9 Å². The maximum atomic E-state index is 11.1. The van der Waals surface area contributed by atoms with Crippen molar-refractivity contribution in [3.8, 4) is 6.07 Å². The molecule has 1 atom stereocenters. The van der Waals surface area contributed by atoms with E-state index >= 15 is 0 Å². The lowest BCUT2D eigenvalue weighted by molar-refractivity contribution is -0.142. The molecule has 0 amide bonds. The van der Waals surface area contributed by atoms with Gasteiger partial charge in [0.25, 0.3) is 0 Å². The van der Waals surface area contributed by atoms with Gasteiger partial charge in [-0.1, -0.05) is 0 Å². The number of rotatable bonds is 4. The van der Waals surface area contributed by atoms with Crippen molar-refractivity contribution in [1.82, 2.24) is 9.78 Å². The molecule has 1 fully saturated rings.